The van der Waals surface area contributed by atoms with E-state index in [1.807, 2.05) is 0 Å². The molecule has 1 heterocycles. The number of anilines is 1. The van der Waals surface area contributed by atoms with E-state index in [1.165, 1.54) is 4.68 Å². The standard InChI is InChI=1S/C18H19ClN4O4/c1-10-15(16(19)23(2)22-10)18(26)27-9-14(24)21-13-6-4-3-5-12(13)17(25)20-11-7-8-11/h3-6,11H,7-9H2,1-2H3,(H,20,25)(H,21,24). The summed E-state index contributed by atoms with van der Waals surface area (Å²) >= 11 is 6.01. The summed E-state index contributed by atoms with van der Waals surface area (Å²) in [4.78, 5) is 36.6. The number of nitrogens with one attached hydrogen (secondary N) is 2. The van der Waals surface area contributed by atoms with E-state index in [2.05, 4.69) is 15.7 Å². The van der Waals surface area contributed by atoms with Crippen LogP contribution >= 0.6 is 11.6 Å². The lowest BCUT2D eigenvalue weighted by Gasteiger charge is -2.11. The third kappa shape index (κ3) is 4.46. The average Bonchev–Trinajstić information content (AvgIpc) is 3.39. The summed E-state index contributed by atoms with van der Waals surface area (Å²) in [5.74, 6) is -1.55. The van der Waals surface area contributed by atoms with Crippen LogP contribution in [-0.4, -0.2) is 40.2 Å². The lowest BCUT2D eigenvalue weighted by molar-refractivity contribution is -0.119. The van der Waals surface area contributed by atoms with Gasteiger partial charge in [0.1, 0.15) is 10.7 Å². The molecule has 142 valence electrons. The van der Waals surface area contributed by atoms with Crippen molar-refractivity contribution in [1.29, 1.82) is 0 Å². The molecule has 0 radical (unpaired) electrons. The van der Waals surface area contributed by atoms with Gasteiger partial charge in [-0.15, -0.1) is 0 Å². The number of aryl methyl sites for hydroxylation is 2. The lowest BCUT2D eigenvalue weighted by atomic mass is 10.1. The summed E-state index contributed by atoms with van der Waals surface area (Å²) in [5.41, 5.74) is 1.24. The van der Waals surface area contributed by atoms with Gasteiger partial charge in [0.05, 0.1) is 16.9 Å². The van der Waals surface area contributed by atoms with Crippen LogP contribution < -0.4 is 10.6 Å². The molecular formula is C18H19ClN4O4. The van der Waals surface area contributed by atoms with Crippen LogP contribution in [0.4, 0.5) is 5.69 Å². The predicted molar refractivity (Wildman–Crippen MR) is 98.8 cm³/mol. The highest BCUT2D eigenvalue weighted by Crippen LogP contribution is 2.22. The Kier molecular flexibility index (Phi) is 5.46. The Balaban J connectivity index is 1.61. The van der Waals surface area contributed by atoms with Gasteiger partial charge in [0.2, 0.25) is 0 Å². The number of esters is 1. The Morgan fingerprint density at radius 2 is 2.00 bits per heavy atom. The molecule has 1 fully saturated rings. The van der Waals surface area contributed by atoms with Gasteiger partial charge in [-0.2, -0.15) is 5.10 Å². The zero-order valence-corrected chi connectivity index (χ0v) is 15.7. The number of halogens is 1. The molecule has 1 aromatic heterocycles. The normalized spacial score (nSPS) is 13.1. The number of carbonyl (C=O) groups excluding carboxylic acids is 3. The van der Waals surface area contributed by atoms with Crippen LogP contribution in [0.25, 0.3) is 0 Å². The number of carbonyl (C=O) groups is 3. The van der Waals surface area contributed by atoms with Crippen molar-refractivity contribution in [1.82, 2.24) is 15.1 Å². The van der Waals surface area contributed by atoms with Crippen molar-refractivity contribution in [3.63, 3.8) is 0 Å². The van der Waals surface area contributed by atoms with Crippen molar-refractivity contribution in [3.05, 3.63) is 46.2 Å². The highest BCUT2D eigenvalue weighted by atomic mass is 35.5. The number of nitrogens with zero attached hydrogens (tertiary/aromatic N) is 2. The fourth-order valence-electron chi connectivity index (χ4n) is 2.53. The molecule has 1 aliphatic rings. The van der Waals surface area contributed by atoms with E-state index in [4.69, 9.17) is 16.3 Å². The molecule has 1 aliphatic carbocycles. The van der Waals surface area contributed by atoms with E-state index in [0.717, 1.165) is 12.8 Å². The van der Waals surface area contributed by atoms with Gasteiger partial charge >= 0.3 is 5.97 Å². The molecule has 2 aromatic rings. The zero-order valence-electron chi connectivity index (χ0n) is 14.9. The van der Waals surface area contributed by atoms with E-state index >= 15 is 0 Å². The second kappa shape index (κ2) is 7.79. The predicted octanol–water partition coefficient (Wildman–Crippen LogP) is 2.07. The van der Waals surface area contributed by atoms with Crippen LogP contribution in [0.1, 0.15) is 39.3 Å². The summed E-state index contributed by atoms with van der Waals surface area (Å²) < 4.78 is 6.37. The molecule has 1 aromatic carbocycles. The van der Waals surface area contributed by atoms with Gasteiger partial charge in [0.15, 0.2) is 6.61 Å². The van der Waals surface area contributed by atoms with Gasteiger partial charge in [0, 0.05) is 13.1 Å². The first kappa shape index (κ1) is 18.9. The summed E-state index contributed by atoms with van der Waals surface area (Å²) in [6, 6.07) is 6.86. The van der Waals surface area contributed by atoms with Gasteiger partial charge in [-0.1, -0.05) is 23.7 Å². The molecule has 2 N–H and O–H groups in total. The first-order valence-corrected chi connectivity index (χ1v) is 8.80. The number of rotatable bonds is 6. The Morgan fingerprint density at radius 3 is 2.63 bits per heavy atom. The number of aromatic nitrogens is 2. The molecule has 9 heteroatoms. The van der Waals surface area contributed by atoms with E-state index in [1.54, 1.807) is 38.2 Å². The van der Waals surface area contributed by atoms with Crippen molar-refractivity contribution in [2.24, 2.45) is 7.05 Å². The lowest BCUT2D eigenvalue weighted by Crippen LogP contribution is -2.28. The minimum absolute atomic E-state index is 0.121. The topological polar surface area (TPSA) is 102 Å². The first-order valence-electron chi connectivity index (χ1n) is 8.42. The van der Waals surface area contributed by atoms with Gasteiger partial charge < -0.3 is 15.4 Å². The average molecular weight is 391 g/mol. The molecule has 0 bridgehead atoms. The van der Waals surface area contributed by atoms with Crippen molar-refractivity contribution in [2.75, 3.05) is 11.9 Å². The Bertz CT molecular complexity index is 905. The van der Waals surface area contributed by atoms with Crippen molar-refractivity contribution < 1.29 is 19.1 Å². The van der Waals surface area contributed by atoms with E-state index in [9.17, 15) is 14.4 Å². The van der Waals surface area contributed by atoms with Gasteiger partial charge in [-0.05, 0) is 31.9 Å². The third-order valence-electron chi connectivity index (χ3n) is 4.05. The second-order valence-electron chi connectivity index (χ2n) is 6.29. The van der Waals surface area contributed by atoms with Gasteiger partial charge in [0.25, 0.3) is 11.8 Å². The molecule has 3 rings (SSSR count). The molecule has 0 atom stereocenters. The maximum absolute atomic E-state index is 12.3. The van der Waals surface area contributed by atoms with Crippen molar-refractivity contribution in [2.45, 2.75) is 25.8 Å². The Labute approximate surface area is 160 Å². The molecule has 0 spiro atoms. The van der Waals surface area contributed by atoms with E-state index in [-0.39, 0.29) is 22.7 Å². The molecule has 0 saturated heterocycles. The number of hydrogen-bond acceptors (Lipinski definition) is 5. The monoisotopic (exact) mass is 390 g/mol. The van der Waals surface area contributed by atoms with E-state index < -0.39 is 18.5 Å². The minimum atomic E-state index is -0.736. The molecule has 0 unspecified atom stereocenters. The zero-order chi connectivity index (χ0) is 19.6. The highest BCUT2D eigenvalue weighted by Gasteiger charge is 2.25. The Morgan fingerprint density at radius 1 is 1.30 bits per heavy atom. The van der Waals surface area contributed by atoms with E-state index in [0.29, 0.717) is 16.9 Å². The summed E-state index contributed by atoms with van der Waals surface area (Å²) in [5, 5.41) is 9.63. The Hall–Kier alpha value is -2.87. The summed E-state index contributed by atoms with van der Waals surface area (Å²) in [6.07, 6.45) is 1.93. The SMILES string of the molecule is Cc1nn(C)c(Cl)c1C(=O)OCC(=O)Nc1ccccc1C(=O)NC1CC1. The number of hydrogen-bond donors (Lipinski definition) is 2. The maximum atomic E-state index is 12.3. The second-order valence-corrected chi connectivity index (χ2v) is 6.65. The molecular weight excluding hydrogens is 372 g/mol. The van der Waals surface area contributed by atoms with Crippen LogP contribution in [0, 0.1) is 6.92 Å². The first-order chi connectivity index (χ1) is 12.9. The number of amides is 2. The quantitative estimate of drug-likeness (QED) is 0.735. The molecule has 8 nitrogen and oxygen atoms in total. The fraction of sp³-hybridized carbons (Fsp3) is 0.333. The fourth-order valence-corrected chi connectivity index (χ4v) is 2.78. The molecule has 2 amide bonds. The summed E-state index contributed by atoms with van der Waals surface area (Å²) in [6.45, 7) is 1.11. The highest BCUT2D eigenvalue weighted by molar-refractivity contribution is 6.32. The van der Waals surface area contributed by atoms with Gasteiger partial charge in [-0.25, -0.2) is 4.79 Å². The molecule has 27 heavy (non-hydrogen) atoms. The minimum Gasteiger partial charge on any atom is -0.452 e. The van der Waals surface area contributed by atoms with Crippen LogP contribution in [-0.2, 0) is 16.6 Å². The summed E-state index contributed by atoms with van der Waals surface area (Å²) in [7, 11) is 1.60. The molecule has 0 aliphatic heterocycles. The molecule has 1 saturated carbocycles. The number of benzene rings is 1. The third-order valence-corrected chi connectivity index (χ3v) is 4.48. The van der Waals surface area contributed by atoms with Crippen molar-refractivity contribution >= 4 is 35.1 Å². The van der Waals surface area contributed by atoms with Gasteiger partial charge in [-0.3, -0.25) is 14.3 Å². The van der Waals surface area contributed by atoms with Crippen LogP contribution in [0.2, 0.25) is 5.15 Å². The van der Waals surface area contributed by atoms with Crippen molar-refractivity contribution in [3.8, 4) is 0 Å². The van der Waals surface area contributed by atoms with Crippen LogP contribution in [0.3, 0.4) is 0 Å². The number of para-hydroxylation sites is 1. The smallest absolute Gasteiger partial charge is 0.343 e. The van der Waals surface area contributed by atoms with Crippen LogP contribution in [0.15, 0.2) is 24.3 Å². The maximum Gasteiger partial charge on any atom is 0.343 e. The van der Waals surface area contributed by atoms with Crippen LogP contribution in [0.5, 0.6) is 0 Å². The largest absolute Gasteiger partial charge is 0.452 e. The number of ether oxygens (including phenoxy) is 1.